The van der Waals surface area contributed by atoms with E-state index in [2.05, 4.69) is 15.4 Å². The molecule has 2 aromatic carbocycles. The zero-order valence-corrected chi connectivity index (χ0v) is 14.4. The lowest BCUT2D eigenvalue weighted by atomic mass is 10.2. The molecule has 0 unspecified atom stereocenters. The first-order valence-corrected chi connectivity index (χ1v) is 8.82. The molecule has 0 bridgehead atoms. The SMILES string of the molecule is C#Cc1cccc(NS(=O)(=O)c2ccc(OCCC(=O)OC)cc2)c1. The van der Waals surface area contributed by atoms with Crippen LogP contribution in [0.5, 0.6) is 5.75 Å². The fraction of sp³-hybridized carbons (Fsp3) is 0.167. The van der Waals surface area contributed by atoms with Crippen molar-refractivity contribution in [3.8, 4) is 18.1 Å². The van der Waals surface area contributed by atoms with Gasteiger partial charge in [-0.1, -0.05) is 12.0 Å². The second-order valence-electron chi connectivity index (χ2n) is 4.98. The number of hydrogen-bond acceptors (Lipinski definition) is 5. The number of esters is 1. The first-order chi connectivity index (χ1) is 11.9. The van der Waals surface area contributed by atoms with Gasteiger partial charge in [-0.2, -0.15) is 0 Å². The number of ether oxygens (including phenoxy) is 2. The molecule has 0 saturated heterocycles. The summed E-state index contributed by atoms with van der Waals surface area (Å²) in [6, 6.07) is 12.4. The quantitative estimate of drug-likeness (QED) is 0.606. The number of benzene rings is 2. The van der Waals surface area contributed by atoms with Crippen molar-refractivity contribution in [1.82, 2.24) is 0 Å². The summed E-state index contributed by atoms with van der Waals surface area (Å²) >= 11 is 0. The largest absolute Gasteiger partial charge is 0.493 e. The van der Waals surface area contributed by atoms with E-state index in [4.69, 9.17) is 11.2 Å². The average Bonchev–Trinajstić information content (AvgIpc) is 2.61. The Hall–Kier alpha value is -2.98. The lowest BCUT2D eigenvalue weighted by Crippen LogP contribution is -2.13. The number of carbonyl (C=O) groups excluding carboxylic acids is 1. The maximum absolute atomic E-state index is 12.4. The smallest absolute Gasteiger partial charge is 0.308 e. The summed E-state index contributed by atoms with van der Waals surface area (Å²) in [6.45, 7) is 0.149. The van der Waals surface area contributed by atoms with Crippen LogP contribution in [0.25, 0.3) is 0 Å². The Morgan fingerprint density at radius 2 is 1.92 bits per heavy atom. The maximum atomic E-state index is 12.4. The van der Waals surface area contributed by atoms with Gasteiger partial charge in [0.05, 0.1) is 30.7 Å². The third-order valence-corrected chi connectivity index (χ3v) is 4.62. The number of carbonyl (C=O) groups is 1. The van der Waals surface area contributed by atoms with Gasteiger partial charge in [0.2, 0.25) is 0 Å². The summed E-state index contributed by atoms with van der Waals surface area (Å²) in [4.78, 5) is 11.1. The second-order valence-corrected chi connectivity index (χ2v) is 6.66. The van der Waals surface area contributed by atoms with Crippen LogP contribution in [0.1, 0.15) is 12.0 Å². The molecule has 0 aromatic heterocycles. The molecule has 0 saturated carbocycles. The number of hydrogen-bond donors (Lipinski definition) is 1. The summed E-state index contributed by atoms with van der Waals surface area (Å²) in [5.41, 5.74) is 0.961. The first kappa shape index (κ1) is 18.4. The summed E-state index contributed by atoms with van der Waals surface area (Å²) in [6.07, 6.45) is 5.42. The van der Waals surface area contributed by atoms with Crippen molar-refractivity contribution < 1.29 is 22.7 Å². The van der Waals surface area contributed by atoms with Crippen LogP contribution in [-0.4, -0.2) is 28.1 Å². The van der Waals surface area contributed by atoms with Crippen molar-refractivity contribution >= 4 is 21.7 Å². The van der Waals surface area contributed by atoms with E-state index in [0.717, 1.165) is 0 Å². The van der Waals surface area contributed by atoms with E-state index in [1.165, 1.54) is 31.4 Å². The molecule has 130 valence electrons. The van der Waals surface area contributed by atoms with Crippen molar-refractivity contribution in [2.45, 2.75) is 11.3 Å². The molecule has 0 aliphatic carbocycles. The van der Waals surface area contributed by atoms with E-state index in [1.807, 2.05) is 0 Å². The molecule has 0 spiro atoms. The molecule has 2 rings (SSSR count). The second kappa shape index (κ2) is 8.22. The molecule has 0 aliphatic heterocycles. The Morgan fingerprint density at radius 3 is 2.56 bits per heavy atom. The zero-order valence-electron chi connectivity index (χ0n) is 13.6. The van der Waals surface area contributed by atoms with Gasteiger partial charge in [0.15, 0.2) is 0 Å². The van der Waals surface area contributed by atoms with Gasteiger partial charge in [0, 0.05) is 5.56 Å². The van der Waals surface area contributed by atoms with Crippen LogP contribution in [-0.2, 0) is 19.6 Å². The molecule has 0 radical (unpaired) electrons. The fourth-order valence-corrected chi connectivity index (χ4v) is 3.01. The van der Waals surface area contributed by atoms with Crippen molar-refractivity contribution in [2.24, 2.45) is 0 Å². The third-order valence-electron chi connectivity index (χ3n) is 3.22. The molecule has 6 nitrogen and oxygen atoms in total. The zero-order chi connectivity index (χ0) is 18.3. The minimum atomic E-state index is -3.74. The van der Waals surface area contributed by atoms with Gasteiger partial charge in [-0.05, 0) is 42.5 Å². The van der Waals surface area contributed by atoms with Gasteiger partial charge < -0.3 is 9.47 Å². The standard InChI is InChI=1S/C18H17NO5S/c1-3-14-5-4-6-15(13-14)19-25(21,22)17-9-7-16(8-10-17)24-12-11-18(20)23-2/h1,4-10,13,19H,11-12H2,2H3. The molecule has 0 atom stereocenters. The van der Waals surface area contributed by atoms with Gasteiger partial charge in [-0.3, -0.25) is 9.52 Å². The summed E-state index contributed by atoms with van der Waals surface area (Å²) in [5.74, 6) is 2.53. The van der Waals surface area contributed by atoms with Crippen LogP contribution in [0.3, 0.4) is 0 Å². The Morgan fingerprint density at radius 1 is 1.20 bits per heavy atom. The van der Waals surface area contributed by atoms with Crippen LogP contribution >= 0.6 is 0 Å². The van der Waals surface area contributed by atoms with Gasteiger partial charge in [-0.15, -0.1) is 6.42 Å². The molecule has 2 aromatic rings. The van der Waals surface area contributed by atoms with Gasteiger partial charge in [0.1, 0.15) is 5.75 Å². The monoisotopic (exact) mass is 359 g/mol. The Balaban J connectivity index is 2.04. The lowest BCUT2D eigenvalue weighted by molar-refractivity contribution is -0.141. The van der Waals surface area contributed by atoms with E-state index in [1.54, 1.807) is 24.3 Å². The van der Waals surface area contributed by atoms with Crippen molar-refractivity contribution in [3.63, 3.8) is 0 Å². The van der Waals surface area contributed by atoms with Crippen molar-refractivity contribution in [1.29, 1.82) is 0 Å². The van der Waals surface area contributed by atoms with Gasteiger partial charge in [0.25, 0.3) is 10.0 Å². The normalized spacial score (nSPS) is 10.6. The average molecular weight is 359 g/mol. The predicted octanol–water partition coefficient (Wildman–Crippen LogP) is 2.41. The van der Waals surface area contributed by atoms with E-state index >= 15 is 0 Å². The highest BCUT2D eigenvalue weighted by molar-refractivity contribution is 7.92. The molecule has 25 heavy (non-hydrogen) atoms. The molecular formula is C18H17NO5S. The highest BCUT2D eigenvalue weighted by Crippen LogP contribution is 2.20. The predicted molar refractivity (Wildman–Crippen MR) is 93.8 cm³/mol. The summed E-state index contributed by atoms with van der Waals surface area (Å²) < 4.78 is 37.1. The molecule has 0 amide bonds. The molecule has 1 N–H and O–H groups in total. The van der Waals surface area contributed by atoms with E-state index < -0.39 is 10.0 Å². The van der Waals surface area contributed by atoms with Gasteiger partial charge in [-0.25, -0.2) is 8.42 Å². The number of sulfonamides is 1. The molecule has 7 heteroatoms. The van der Waals surface area contributed by atoms with Crippen molar-refractivity contribution in [2.75, 3.05) is 18.4 Å². The summed E-state index contributed by atoms with van der Waals surface area (Å²) in [5, 5.41) is 0. The third kappa shape index (κ3) is 5.26. The van der Waals surface area contributed by atoms with E-state index in [0.29, 0.717) is 17.0 Å². The van der Waals surface area contributed by atoms with Crippen LogP contribution < -0.4 is 9.46 Å². The van der Waals surface area contributed by atoms with Crippen LogP contribution in [0.15, 0.2) is 53.4 Å². The first-order valence-electron chi connectivity index (χ1n) is 7.34. The topological polar surface area (TPSA) is 81.7 Å². The van der Waals surface area contributed by atoms with Crippen molar-refractivity contribution in [3.05, 3.63) is 54.1 Å². The van der Waals surface area contributed by atoms with Crippen LogP contribution in [0, 0.1) is 12.3 Å². The lowest BCUT2D eigenvalue weighted by Gasteiger charge is -2.10. The van der Waals surface area contributed by atoms with E-state index in [9.17, 15) is 13.2 Å². The molecule has 0 fully saturated rings. The van der Waals surface area contributed by atoms with Gasteiger partial charge >= 0.3 is 5.97 Å². The number of rotatable bonds is 7. The van der Waals surface area contributed by atoms with Crippen LogP contribution in [0.4, 0.5) is 5.69 Å². The highest BCUT2D eigenvalue weighted by atomic mass is 32.2. The maximum Gasteiger partial charge on any atom is 0.308 e. The Bertz CT molecular complexity index is 882. The Labute approximate surface area is 146 Å². The minimum absolute atomic E-state index is 0.0823. The number of nitrogens with one attached hydrogen (secondary N) is 1. The minimum Gasteiger partial charge on any atom is -0.493 e. The number of anilines is 1. The number of methoxy groups -OCH3 is 1. The molecule has 0 heterocycles. The number of terminal acetylenes is 1. The molecule has 0 aliphatic rings. The summed E-state index contributed by atoms with van der Waals surface area (Å²) in [7, 11) is -2.44. The van der Waals surface area contributed by atoms with Crippen LogP contribution in [0.2, 0.25) is 0 Å². The Kier molecular flexibility index (Phi) is 6.03. The fourth-order valence-electron chi connectivity index (χ4n) is 1.96. The molecular weight excluding hydrogens is 342 g/mol. The van der Waals surface area contributed by atoms with E-state index in [-0.39, 0.29) is 23.9 Å². The highest BCUT2D eigenvalue weighted by Gasteiger charge is 2.14.